The van der Waals surface area contributed by atoms with Gasteiger partial charge in [-0.2, -0.15) is 5.26 Å². The predicted octanol–water partition coefficient (Wildman–Crippen LogP) is 3.27. The van der Waals surface area contributed by atoms with Gasteiger partial charge < -0.3 is 9.84 Å². The SMILES string of the molecule is N#Cc1ccc(COC(=O)c2cc(Cl)ccc2O)cc1. The molecule has 0 aliphatic carbocycles. The number of hydrogen-bond donors (Lipinski definition) is 1. The normalized spacial score (nSPS) is 9.80. The van der Waals surface area contributed by atoms with Gasteiger partial charge in [-0.25, -0.2) is 4.79 Å². The largest absolute Gasteiger partial charge is 0.507 e. The lowest BCUT2D eigenvalue weighted by Gasteiger charge is -2.07. The molecule has 0 saturated heterocycles. The molecule has 0 fully saturated rings. The van der Waals surface area contributed by atoms with Crippen molar-refractivity contribution in [3.05, 3.63) is 64.2 Å². The maximum atomic E-state index is 11.8. The van der Waals surface area contributed by atoms with E-state index in [-0.39, 0.29) is 17.9 Å². The summed E-state index contributed by atoms with van der Waals surface area (Å²) in [6.07, 6.45) is 0. The van der Waals surface area contributed by atoms with Gasteiger partial charge in [0.15, 0.2) is 0 Å². The summed E-state index contributed by atoms with van der Waals surface area (Å²) in [4.78, 5) is 11.8. The van der Waals surface area contributed by atoms with Gasteiger partial charge in [0.1, 0.15) is 17.9 Å². The lowest BCUT2D eigenvalue weighted by Crippen LogP contribution is -2.05. The molecule has 0 radical (unpaired) electrons. The van der Waals surface area contributed by atoms with Crippen molar-refractivity contribution in [1.82, 2.24) is 0 Å². The van der Waals surface area contributed by atoms with E-state index in [1.54, 1.807) is 24.3 Å². The number of ether oxygens (including phenoxy) is 1. The molecule has 4 nitrogen and oxygen atoms in total. The molecule has 0 unspecified atom stereocenters. The first-order valence-corrected chi connectivity index (χ1v) is 6.12. The highest BCUT2D eigenvalue weighted by Crippen LogP contribution is 2.22. The van der Waals surface area contributed by atoms with Crippen molar-refractivity contribution >= 4 is 17.6 Å². The van der Waals surface area contributed by atoms with Crippen LogP contribution in [0.4, 0.5) is 0 Å². The number of hydrogen-bond acceptors (Lipinski definition) is 4. The molecule has 1 N–H and O–H groups in total. The summed E-state index contributed by atoms with van der Waals surface area (Å²) in [5.41, 5.74) is 1.30. The monoisotopic (exact) mass is 287 g/mol. The first-order chi connectivity index (χ1) is 9.60. The third kappa shape index (κ3) is 3.28. The molecule has 20 heavy (non-hydrogen) atoms. The van der Waals surface area contributed by atoms with E-state index >= 15 is 0 Å². The van der Waals surface area contributed by atoms with E-state index < -0.39 is 5.97 Å². The van der Waals surface area contributed by atoms with Gasteiger partial charge in [0.05, 0.1) is 11.6 Å². The van der Waals surface area contributed by atoms with Crippen LogP contribution in [0.3, 0.4) is 0 Å². The van der Waals surface area contributed by atoms with Gasteiger partial charge in [0.25, 0.3) is 0 Å². The smallest absolute Gasteiger partial charge is 0.342 e. The average Bonchev–Trinajstić information content (AvgIpc) is 2.47. The van der Waals surface area contributed by atoms with E-state index in [9.17, 15) is 9.90 Å². The Morgan fingerprint density at radius 1 is 1.25 bits per heavy atom. The van der Waals surface area contributed by atoms with Gasteiger partial charge >= 0.3 is 5.97 Å². The molecule has 0 heterocycles. The van der Waals surface area contributed by atoms with Crippen LogP contribution in [0.1, 0.15) is 21.5 Å². The number of aromatic hydroxyl groups is 1. The molecule has 2 aromatic carbocycles. The summed E-state index contributed by atoms with van der Waals surface area (Å²) < 4.78 is 5.08. The van der Waals surface area contributed by atoms with E-state index in [2.05, 4.69) is 0 Å². The zero-order valence-corrected chi connectivity index (χ0v) is 11.1. The average molecular weight is 288 g/mol. The minimum absolute atomic E-state index is 0.0196. The molecule has 0 amide bonds. The van der Waals surface area contributed by atoms with Crippen molar-refractivity contribution in [2.45, 2.75) is 6.61 Å². The van der Waals surface area contributed by atoms with E-state index in [0.717, 1.165) is 5.56 Å². The van der Waals surface area contributed by atoms with Crippen molar-refractivity contribution in [2.75, 3.05) is 0 Å². The van der Waals surface area contributed by atoms with Crippen LogP contribution in [0.5, 0.6) is 5.75 Å². The Hall–Kier alpha value is -2.51. The van der Waals surface area contributed by atoms with Crippen LogP contribution in [-0.2, 0) is 11.3 Å². The molecule has 0 aliphatic heterocycles. The standard InChI is InChI=1S/C15H10ClNO3/c16-12-5-6-14(18)13(7-12)15(19)20-9-11-3-1-10(8-17)2-4-11/h1-7,18H,9H2. The molecule has 2 rings (SSSR count). The second kappa shape index (κ2) is 6.09. The quantitative estimate of drug-likeness (QED) is 0.880. The van der Waals surface area contributed by atoms with Crippen LogP contribution in [0.15, 0.2) is 42.5 Å². The summed E-state index contributed by atoms with van der Waals surface area (Å²) in [7, 11) is 0. The fraction of sp³-hybridized carbons (Fsp3) is 0.0667. The number of phenols is 1. The molecule has 100 valence electrons. The fourth-order valence-corrected chi connectivity index (χ4v) is 1.75. The summed E-state index contributed by atoms with van der Waals surface area (Å²) in [5.74, 6) is -0.839. The third-order valence-corrected chi connectivity index (χ3v) is 2.87. The Morgan fingerprint density at radius 2 is 1.95 bits per heavy atom. The van der Waals surface area contributed by atoms with Crippen LogP contribution in [0.25, 0.3) is 0 Å². The molecule has 0 saturated carbocycles. The molecular weight excluding hydrogens is 278 g/mol. The summed E-state index contributed by atoms with van der Waals surface area (Å²) in [6.45, 7) is 0.0521. The van der Waals surface area contributed by atoms with Crippen LogP contribution >= 0.6 is 11.6 Å². The molecule has 0 bridgehead atoms. The predicted molar refractivity (Wildman–Crippen MR) is 73.4 cm³/mol. The second-order valence-corrected chi connectivity index (χ2v) is 4.48. The van der Waals surface area contributed by atoms with Gasteiger partial charge in [-0.15, -0.1) is 0 Å². The summed E-state index contributed by atoms with van der Waals surface area (Å²) >= 11 is 5.76. The molecule has 0 spiro atoms. The van der Waals surface area contributed by atoms with Gasteiger partial charge in [0.2, 0.25) is 0 Å². The van der Waals surface area contributed by atoms with Gasteiger partial charge in [0, 0.05) is 5.02 Å². The lowest BCUT2D eigenvalue weighted by molar-refractivity contribution is 0.0469. The van der Waals surface area contributed by atoms with Crippen LogP contribution in [0, 0.1) is 11.3 Å². The second-order valence-electron chi connectivity index (χ2n) is 4.05. The van der Waals surface area contributed by atoms with Crippen molar-refractivity contribution in [2.24, 2.45) is 0 Å². The fourth-order valence-electron chi connectivity index (χ4n) is 1.57. The van der Waals surface area contributed by atoms with Crippen molar-refractivity contribution in [1.29, 1.82) is 5.26 Å². The number of carbonyl (C=O) groups excluding carboxylic acids is 1. The van der Waals surface area contributed by atoms with Crippen molar-refractivity contribution < 1.29 is 14.6 Å². The minimum Gasteiger partial charge on any atom is -0.507 e. The number of halogens is 1. The van der Waals surface area contributed by atoms with E-state index in [1.807, 2.05) is 6.07 Å². The number of esters is 1. The molecule has 5 heteroatoms. The number of nitrogens with zero attached hydrogens (tertiary/aromatic N) is 1. The zero-order chi connectivity index (χ0) is 14.5. The number of phenolic OH excluding ortho intramolecular Hbond substituents is 1. The first kappa shape index (κ1) is 13.9. The Bertz CT molecular complexity index is 675. The Balaban J connectivity index is 2.04. The third-order valence-electron chi connectivity index (χ3n) is 2.63. The van der Waals surface area contributed by atoms with Gasteiger partial charge in [-0.05, 0) is 35.9 Å². The van der Waals surface area contributed by atoms with Gasteiger partial charge in [-0.1, -0.05) is 23.7 Å². The highest BCUT2D eigenvalue weighted by Gasteiger charge is 2.13. The Morgan fingerprint density at radius 3 is 2.60 bits per heavy atom. The van der Waals surface area contributed by atoms with E-state index in [1.165, 1.54) is 18.2 Å². The maximum Gasteiger partial charge on any atom is 0.342 e. The van der Waals surface area contributed by atoms with E-state index in [4.69, 9.17) is 21.6 Å². The summed E-state index contributed by atoms with van der Waals surface area (Å²) in [5, 5.41) is 18.6. The van der Waals surface area contributed by atoms with Gasteiger partial charge in [-0.3, -0.25) is 0 Å². The zero-order valence-electron chi connectivity index (χ0n) is 10.3. The van der Waals surface area contributed by atoms with Crippen LogP contribution in [-0.4, -0.2) is 11.1 Å². The number of carbonyl (C=O) groups is 1. The maximum absolute atomic E-state index is 11.8. The summed E-state index contributed by atoms with van der Waals surface area (Å²) in [6, 6.07) is 12.8. The highest BCUT2D eigenvalue weighted by molar-refractivity contribution is 6.31. The highest BCUT2D eigenvalue weighted by atomic mass is 35.5. The molecule has 0 atom stereocenters. The molecular formula is C15H10ClNO3. The minimum atomic E-state index is -0.658. The number of rotatable bonds is 3. The molecule has 2 aromatic rings. The van der Waals surface area contributed by atoms with Crippen LogP contribution < -0.4 is 0 Å². The Kier molecular flexibility index (Phi) is 4.24. The van der Waals surface area contributed by atoms with Crippen molar-refractivity contribution in [3.63, 3.8) is 0 Å². The van der Waals surface area contributed by atoms with E-state index in [0.29, 0.717) is 10.6 Å². The topological polar surface area (TPSA) is 70.3 Å². The number of benzene rings is 2. The number of nitriles is 1. The Labute approximate surface area is 120 Å². The van der Waals surface area contributed by atoms with Crippen LogP contribution in [0.2, 0.25) is 5.02 Å². The molecule has 0 aromatic heterocycles. The first-order valence-electron chi connectivity index (χ1n) is 5.75. The lowest BCUT2D eigenvalue weighted by atomic mass is 10.1. The molecule has 0 aliphatic rings. The van der Waals surface area contributed by atoms with Crippen molar-refractivity contribution in [3.8, 4) is 11.8 Å².